The first kappa shape index (κ1) is 13.6. The summed E-state index contributed by atoms with van der Waals surface area (Å²) in [6.45, 7) is 3.36. The number of piperidine rings is 3. The fourth-order valence-electron chi connectivity index (χ4n) is 3.48. The minimum absolute atomic E-state index is 0.335. The van der Waals surface area contributed by atoms with E-state index in [0.29, 0.717) is 18.4 Å². The fourth-order valence-corrected chi connectivity index (χ4v) is 3.48. The second-order valence-electron chi connectivity index (χ2n) is 5.99. The quantitative estimate of drug-likeness (QED) is 0.851. The molecular formula is C16H22N2O2. The largest absolute Gasteiger partial charge is 0.480 e. The lowest BCUT2D eigenvalue weighted by Crippen LogP contribution is -2.59. The Kier molecular flexibility index (Phi) is 4.03. The molecule has 0 saturated carbocycles. The normalized spacial score (nSPS) is 30.1. The van der Waals surface area contributed by atoms with E-state index < -0.39 is 12.0 Å². The number of benzene rings is 1. The van der Waals surface area contributed by atoms with Crippen LogP contribution >= 0.6 is 0 Å². The zero-order valence-electron chi connectivity index (χ0n) is 11.7. The van der Waals surface area contributed by atoms with Gasteiger partial charge in [0.2, 0.25) is 0 Å². The molecule has 0 amide bonds. The van der Waals surface area contributed by atoms with Crippen molar-refractivity contribution >= 4 is 5.97 Å². The number of hydrogen-bond donors (Lipinski definition) is 2. The Morgan fingerprint density at radius 3 is 2.55 bits per heavy atom. The molecular weight excluding hydrogens is 252 g/mol. The molecule has 4 heteroatoms. The minimum Gasteiger partial charge on any atom is -0.480 e. The summed E-state index contributed by atoms with van der Waals surface area (Å²) in [5, 5.41) is 12.9. The zero-order valence-corrected chi connectivity index (χ0v) is 11.7. The Morgan fingerprint density at radius 2 is 2.00 bits per heavy atom. The van der Waals surface area contributed by atoms with Crippen molar-refractivity contribution in [2.75, 3.05) is 19.6 Å². The van der Waals surface area contributed by atoms with E-state index in [-0.39, 0.29) is 0 Å². The summed E-state index contributed by atoms with van der Waals surface area (Å²) < 4.78 is 0. The molecule has 4 nitrogen and oxygen atoms in total. The molecule has 3 aliphatic rings. The third-order valence-corrected chi connectivity index (χ3v) is 4.65. The van der Waals surface area contributed by atoms with Gasteiger partial charge in [0, 0.05) is 12.6 Å². The fraction of sp³-hybridized carbons (Fsp3) is 0.562. The summed E-state index contributed by atoms with van der Waals surface area (Å²) in [4.78, 5) is 14.0. The maximum Gasteiger partial charge on any atom is 0.321 e. The van der Waals surface area contributed by atoms with Gasteiger partial charge in [-0.1, -0.05) is 30.3 Å². The summed E-state index contributed by atoms with van der Waals surface area (Å²) in [7, 11) is 0. The van der Waals surface area contributed by atoms with E-state index in [9.17, 15) is 9.90 Å². The second kappa shape index (κ2) is 5.94. The van der Waals surface area contributed by atoms with Gasteiger partial charge >= 0.3 is 5.97 Å². The molecule has 2 bridgehead atoms. The molecule has 2 unspecified atom stereocenters. The number of hydrogen-bond acceptors (Lipinski definition) is 3. The van der Waals surface area contributed by atoms with Crippen LogP contribution in [0.2, 0.25) is 0 Å². The molecule has 3 aliphatic heterocycles. The van der Waals surface area contributed by atoms with Crippen LogP contribution in [0.25, 0.3) is 0 Å². The molecule has 0 aromatic heterocycles. The van der Waals surface area contributed by atoms with E-state index in [2.05, 4.69) is 10.2 Å². The van der Waals surface area contributed by atoms with Crippen LogP contribution in [0.15, 0.2) is 30.3 Å². The number of nitrogens with one attached hydrogen (secondary N) is 1. The predicted molar refractivity (Wildman–Crippen MR) is 77.7 cm³/mol. The molecule has 0 radical (unpaired) electrons. The summed E-state index contributed by atoms with van der Waals surface area (Å²) in [5.74, 6) is -0.0945. The van der Waals surface area contributed by atoms with Crippen LogP contribution < -0.4 is 5.32 Å². The van der Waals surface area contributed by atoms with Crippen LogP contribution in [0.3, 0.4) is 0 Å². The Morgan fingerprint density at radius 1 is 1.30 bits per heavy atom. The maximum atomic E-state index is 11.5. The van der Waals surface area contributed by atoms with E-state index in [0.717, 1.165) is 12.1 Å². The van der Waals surface area contributed by atoms with Gasteiger partial charge in [-0.15, -0.1) is 0 Å². The molecule has 3 saturated heterocycles. The molecule has 108 valence electrons. The van der Waals surface area contributed by atoms with Crippen molar-refractivity contribution in [2.45, 2.75) is 31.3 Å². The van der Waals surface area contributed by atoms with Crippen LogP contribution in [-0.4, -0.2) is 47.7 Å². The number of rotatable bonds is 5. The molecule has 1 aromatic carbocycles. The van der Waals surface area contributed by atoms with Crippen molar-refractivity contribution in [3.05, 3.63) is 35.9 Å². The molecule has 4 rings (SSSR count). The summed E-state index contributed by atoms with van der Waals surface area (Å²) in [5.41, 5.74) is 1.08. The molecule has 3 fully saturated rings. The minimum atomic E-state index is -0.745. The first-order chi connectivity index (χ1) is 9.72. The smallest absolute Gasteiger partial charge is 0.321 e. The van der Waals surface area contributed by atoms with E-state index >= 15 is 0 Å². The highest BCUT2D eigenvalue weighted by Gasteiger charge is 2.36. The van der Waals surface area contributed by atoms with Gasteiger partial charge in [-0.3, -0.25) is 10.1 Å². The number of carbonyl (C=O) groups is 1. The Balaban J connectivity index is 1.64. The van der Waals surface area contributed by atoms with Gasteiger partial charge in [-0.2, -0.15) is 0 Å². The van der Waals surface area contributed by atoms with Gasteiger partial charge in [-0.25, -0.2) is 0 Å². The maximum absolute atomic E-state index is 11.5. The SMILES string of the molecule is O=C(O)C(Cc1ccccc1)NC1CN2CCC1CC2. The van der Waals surface area contributed by atoms with Crippen LogP contribution in [0.5, 0.6) is 0 Å². The number of fused-ring (bicyclic) bond motifs is 3. The lowest BCUT2D eigenvalue weighted by Gasteiger charge is -2.45. The average molecular weight is 274 g/mol. The molecule has 1 aromatic rings. The van der Waals surface area contributed by atoms with Crippen LogP contribution in [0.4, 0.5) is 0 Å². The van der Waals surface area contributed by atoms with Crippen molar-refractivity contribution in [1.82, 2.24) is 10.2 Å². The number of aliphatic carboxylic acids is 1. The van der Waals surface area contributed by atoms with Gasteiger partial charge < -0.3 is 10.0 Å². The first-order valence-corrected chi connectivity index (χ1v) is 7.47. The molecule has 2 N–H and O–H groups in total. The third-order valence-electron chi connectivity index (χ3n) is 4.65. The standard InChI is InChI=1S/C16H22N2O2/c19-16(20)14(10-12-4-2-1-3-5-12)17-15-11-18-8-6-13(15)7-9-18/h1-5,13-15,17H,6-11H2,(H,19,20). The Bertz CT molecular complexity index is 455. The third kappa shape index (κ3) is 3.02. The number of carboxylic acid groups (broad SMARTS) is 1. The average Bonchev–Trinajstić information content (AvgIpc) is 2.49. The summed E-state index contributed by atoms with van der Waals surface area (Å²) in [6.07, 6.45) is 2.96. The van der Waals surface area contributed by atoms with Gasteiger partial charge in [-0.05, 0) is 43.8 Å². The highest BCUT2D eigenvalue weighted by Crippen LogP contribution is 2.27. The van der Waals surface area contributed by atoms with Crippen LogP contribution in [0, 0.1) is 5.92 Å². The predicted octanol–water partition coefficient (Wildman–Crippen LogP) is 1.37. The van der Waals surface area contributed by atoms with E-state index in [1.807, 2.05) is 30.3 Å². The molecule has 3 heterocycles. The lowest BCUT2D eigenvalue weighted by atomic mass is 9.83. The molecule has 20 heavy (non-hydrogen) atoms. The van der Waals surface area contributed by atoms with Crippen molar-refractivity contribution < 1.29 is 9.90 Å². The monoisotopic (exact) mass is 274 g/mol. The number of carboxylic acids is 1. The highest BCUT2D eigenvalue weighted by molar-refractivity contribution is 5.74. The van der Waals surface area contributed by atoms with Crippen molar-refractivity contribution in [3.63, 3.8) is 0 Å². The Labute approximate surface area is 119 Å². The van der Waals surface area contributed by atoms with Crippen LogP contribution in [-0.2, 0) is 11.2 Å². The number of nitrogens with zero attached hydrogens (tertiary/aromatic N) is 1. The van der Waals surface area contributed by atoms with E-state index in [4.69, 9.17) is 0 Å². The highest BCUT2D eigenvalue weighted by atomic mass is 16.4. The van der Waals surface area contributed by atoms with Gasteiger partial charge in [0.05, 0.1) is 0 Å². The Hall–Kier alpha value is -1.39. The van der Waals surface area contributed by atoms with Gasteiger partial charge in [0.25, 0.3) is 0 Å². The molecule has 0 aliphatic carbocycles. The second-order valence-corrected chi connectivity index (χ2v) is 5.99. The van der Waals surface area contributed by atoms with Crippen molar-refractivity contribution in [2.24, 2.45) is 5.92 Å². The molecule has 2 atom stereocenters. The van der Waals surface area contributed by atoms with Crippen molar-refractivity contribution in [1.29, 1.82) is 0 Å². The van der Waals surface area contributed by atoms with Gasteiger partial charge in [0.15, 0.2) is 0 Å². The zero-order chi connectivity index (χ0) is 13.9. The molecule has 0 spiro atoms. The summed E-state index contributed by atoms with van der Waals surface area (Å²) >= 11 is 0. The first-order valence-electron chi connectivity index (χ1n) is 7.47. The van der Waals surface area contributed by atoms with E-state index in [1.54, 1.807) is 0 Å². The van der Waals surface area contributed by atoms with Crippen LogP contribution in [0.1, 0.15) is 18.4 Å². The van der Waals surface area contributed by atoms with E-state index in [1.165, 1.54) is 25.9 Å². The topological polar surface area (TPSA) is 52.6 Å². The lowest BCUT2D eigenvalue weighted by molar-refractivity contribution is -0.140. The van der Waals surface area contributed by atoms with Gasteiger partial charge in [0.1, 0.15) is 6.04 Å². The summed E-state index contributed by atoms with van der Waals surface area (Å²) in [6, 6.07) is 9.72. The van der Waals surface area contributed by atoms with Crippen molar-refractivity contribution in [3.8, 4) is 0 Å².